The van der Waals surface area contributed by atoms with Crippen LogP contribution in [0.15, 0.2) is 154 Å². The van der Waals surface area contributed by atoms with Crippen LogP contribution in [0.3, 0.4) is 0 Å². The van der Waals surface area contributed by atoms with E-state index in [0.29, 0.717) is 0 Å². The molecule has 10 rings (SSSR count). The third kappa shape index (κ3) is 3.57. The van der Waals surface area contributed by atoms with Crippen LogP contribution in [0.2, 0.25) is 0 Å². The highest BCUT2D eigenvalue weighted by Crippen LogP contribution is 2.45. The number of hydrogen-bond acceptors (Lipinski definition) is 3. The average Bonchev–Trinajstić information content (AvgIpc) is 3.78. The van der Waals surface area contributed by atoms with Gasteiger partial charge in [-0.3, -0.25) is 4.57 Å². The summed E-state index contributed by atoms with van der Waals surface area (Å²) in [7, 11) is 0. The Hall–Kier alpha value is -6.13. The summed E-state index contributed by atoms with van der Waals surface area (Å²) in [6, 6.07) is 50.7. The second-order valence-corrected chi connectivity index (χ2v) is 11.6. The second kappa shape index (κ2) is 9.18. The van der Waals surface area contributed by atoms with Crippen molar-refractivity contribution in [3.63, 3.8) is 0 Å². The number of aromatic nitrogens is 2. The van der Waals surface area contributed by atoms with E-state index in [1.807, 2.05) is 36.4 Å². The van der Waals surface area contributed by atoms with E-state index in [4.69, 9.17) is 13.8 Å². The van der Waals surface area contributed by atoms with Crippen LogP contribution in [0.25, 0.3) is 93.9 Å². The molecule has 3 aromatic heterocycles. The number of hydrogen-bond donors (Lipinski definition) is 0. The van der Waals surface area contributed by atoms with Crippen LogP contribution in [0, 0.1) is 0 Å². The Bertz CT molecular complexity index is 2680. The molecule has 3 heterocycles. The first-order valence-corrected chi connectivity index (χ1v) is 15.1. The number of benzene rings is 7. The van der Waals surface area contributed by atoms with Gasteiger partial charge in [-0.05, 0) is 64.9 Å². The molecule has 4 nitrogen and oxygen atoms in total. The van der Waals surface area contributed by atoms with Crippen molar-refractivity contribution in [3.8, 4) is 28.2 Å². The lowest BCUT2D eigenvalue weighted by Crippen LogP contribution is -1.97. The maximum atomic E-state index is 6.55. The van der Waals surface area contributed by atoms with Crippen molar-refractivity contribution >= 4 is 65.7 Å². The maximum absolute atomic E-state index is 6.55. The fraction of sp³-hybridized carbons (Fsp3) is 0. The Kier molecular flexibility index (Phi) is 4.96. The number of rotatable bonds is 3. The smallest absolute Gasteiger partial charge is 0.147 e. The molecule has 0 aliphatic heterocycles. The lowest BCUT2D eigenvalue weighted by molar-refractivity contribution is 0.658. The Morgan fingerprint density at radius 1 is 0.467 bits per heavy atom. The summed E-state index contributed by atoms with van der Waals surface area (Å²) in [6.07, 6.45) is 0. The molecule has 0 saturated heterocycles. The first kappa shape index (κ1) is 24.3. The van der Waals surface area contributed by atoms with Crippen molar-refractivity contribution in [2.45, 2.75) is 0 Å². The van der Waals surface area contributed by atoms with Crippen molar-refractivity contribution in [2.24, 2.45) is 0 Å². The van der Waals surface area contributed by atoms with Crippen LogP contribution < -0.4 is 0 Å². The van der Waals surface area contributed by atoms with E-state index in [2.05, 4.69) is 114 Å². The van der Waals surface area contributed by atoms with Gasteiger partial charge in [0.2, 0.25) is 0 Å². The molecule has 7 aromatic carbocycles. The molecule has 0 fully saturated rings. The van der Waals surface area contributed by atoms with Gasteiger partial charge in [-0.1, -0.05) is 97.1 Å². The summed E-state index contributed by atoms with van der Waals surface area (Å²) in [4.78, 5) is 5.03. The van der Waals surface area contributed by atoms with Gasteiger partial charge in [-0.25, -0.2) is 4.98 Å². The Morgan fingerprint density at radius 3 is 1.84 bits per heavy atom. The number of para-hydroxylation sites is 4. The first-order chi connectivity index (χ1) is 22.3. The summed E-state index contributed by atoms with van der Waals surface area (Å²) < 4.78 is 15.4. The molecule has 0 saturated carbocycles. The minimum absolute atomic E-state index is 0.844. The number of fused-ring (bicyclic) bond motifs is 8. The fourth-order valence-corrected chi connectivity index (χ4v) is 6.89. The van der Waals surface area contributed by atoms with Gasteiger partial charge < -0.3 is 8.83 Å². The molecule has 0 bridgehead atoms. The molecular formula is C41H24N2O2. The van der Waals surface area contributed by atoms with E-state index >= 15 is 0 Å². The second-order valence-electron chi connectivity index (χ2n) is 11.6. The van der Waals surface area contributed by atoms with E-state index in [1.54, 1.807) is 0 Å². The van der Waals surface area contributed by atoms with Gasteiger partial charge in [-0.15, -0.1) is 0 Å². The van der Waals surface area contributed by atoms with E-state index in [9.17, 15) is 0 Å². The normalized spacial score (nSPS) is 12.0. The van der Waals surface area contributed by atoms with Crippen LogP contribution in [0.5, 0.6) is 0 Å². The van der Waals surface area contributed by atoms with Gasteiger partial charge in [0, 0.05) is 32.8 Å². The first-order valence-electron chi connectivity index (χ1n) is 15.1. The molecule has 0 unspecified atom stereocenters. The molecular weight excluding hydrogens is 552 g/mol. The molecule has 4 heteroatoms. The van der Waals surface area contributed by atoms with Crippen molar-refractivity contribution in [2.75, 3.05) is 0 Å². The van der Waals surface area contributed by atoms with Crippen molar-refractivity contribution < 1.29 is 8.83 Å². The third-order valence-electron chi connectivity index (χ3n) is 8.97. The number of imidazole rings is 1. The van der Waals surface area contributed by atoms with Gasteiger partial charge in [-0.2, -0.15) is 0 Å². The minimum atomic E-state index is 0.844. The zero-order chi connectivity index (χ0) is 29.5. The Balaban J connectivity index is 1.20. The fourth-order valence-electron chi connectivity index (χ4n) is 6.89. The lowest BCUT2D eigenvalue weighted by atomic mass is 9.96. The molecule has 10 aromatic rings. The maximum Gasteiger partial charge on any atom is 0.147 e. The zero-order valence-corrected chi connectivity index (χ0v) is 24.1. The number of nitrogens with zero attached hydrogens (tertiary/aromatic N) is 2. The van der Waals surface area contributed by atoms with Gasteiger partial charge in [0.05, 0.1) is 16.6 Å². The highest BCUT2D eigenvalue weighted by Gasteiger charge is 2.21. The summed E-state index contributed by atoms with van der Waals surface area (Å²) in [5.41, 5.74) is 9.68. The van der Waals surface area contributed by atoms with E-state index in [0.717, 1.165) is 93.9 Å². The van der Waals surface area contributed by atoms with Crippen LogP contribution >= 0.6 is 0 Å². The third-order valence-corrected chi connectivity index (χ3v) is 8.97. The summed E-state index contributed by atoms with van der Waals surface area (Å²) in [6.45, 7) is 0. The highest BCUT2D eigenvalue weighted by molar-refractivity contribution is 6.22. The van der Waals surface area contributed by atoms with Gasteiger partial charge >= 0.3 is 0 Å². The largest absolute Gasteiger partial charge is 0.455 e. The summed E-state index contributed by atoms with van der Waals surface area (Å²) >= 11 is 0. The van der Waals surface area contributed by atoms with Crippen LogP contribution in [-0.2, 0) is 0 Å². The molecule has 0 N–H and O–H groups in total. The highest BCUT2D eigenvalue weighted by atomic mass is 16.3. The van der Waals surface area contributed by atoms with Gasteiger partial charge in [0.15, 0.2) is 0 Å². The Morgan fingerprint density at radius 2 is 1.09 bits per heavy atom. The van der Waals surface area contributed by atoms with Crippen LogP contribution in [0.4, 0.5) is 0 Å². The molecule has 0 radical (unpaired) electrons. The standard InChI is InChI=1S/C41H24N2O2/c1-2-10-25(11-3-1)41-42-34-14-6-7-15-35(34)43(41)29-21-20-26-22-28(19-18-27(26)23-29)38-39-32(30-12-4-8-16-36(30)44-39)24-33-31-13-5-9-17-37(31)45-40(33)38/h1-24H. The quantitative estimate of drug-likeness (QED) is 0.210. The minimum Gasteiger partial charge on any atom is -0.455 e. The number of furan rings is 2. The lowest BCUT2D eigenvalue weighted by Gasteiger charge is -2.12. The molecule has 0 aliphatic carbocycles. The topological polar surface area (TPSA) is 44.1 Å². The predicted molar refractivity (Wildman–Crippen MR) is 184 cm³/mol. The molecule has 0 atom stereocenters. The molecule has 0 aliphatic rings. The van der Waals surface area contributed by atoms with Crippen LogP contribution in [-0.4, -0.2) is 9.55 Å². The van der Waals surface area contributed by atoms with Crippen molar-refractivity contribution in [1.82, 2.24) is 9.55 Å². The molecule has 0 amide bonds. The van der Waals surface area contributed by atoms with E-state index < -0.39 is 0 Å². The SMILES string of the molecule is c1ccc(-c2nc3ccccc3n2-c2ccc3cc(-c4c5oc6ccccc6c5cc5c4oc4ccccc45)ccc3c2)cc1. The predicted octanol–water partition coefficient (Wildman–Crippen LogP) is 11.3. The zero-order valence-electron chi connectivity index (χ0n) is 24.1. The molecule has 210 valence electrons. The van der Waals surface area contributed by atoms with Crippen molar-refractivity contribution in [3.05, 3.63) is 146 Å². The van der Waals surface area contributed by atoms with Gasteiger partial charge in [0.1, 0.15) is 28.2 Å². The van der Waals surface area contributed by atoms with Crippen molar-refractivity contribution in [1.29, 1.82) is 0 Å². The van der Waals surface area contributed by atoms with E-state index in [1.165, 1.54) is 0 Å². The summed E-state index contributed by atoms with van der Waals surface area (Å²) in [5.74, 6) is 0.927. The molecule has 45 heavy (non-hydrogen) atoms. The van der Waals surface area contributed by atoms with Crippen LogP contribution in [0.1, 0.15) is 0 Å². The summed E-state index contributed by atoms with van der Waals surface area (Å²) in [5, 5.41) is 6.68. The van der Waals surface area contributed by atoms with Gasteiger partial charge in [0.25, 0.3) is 0 Å². The average molecular weight is 577 g/mol. The molecule has 0 spiro atoms. The monoisotopic (exact) mass is 576 g/mol. The Labute approximate surface area is 257 Å². The van der Waals surface area contributed by atoms with E-state index in [-0.39, 0.29) is 0 Å².